The van der Waals surface area contributed by atoms with Gasteiger partial charge >= 0.3 is 0 Å². The number of carbonyl (C=O) groups is 1. The molecule has 3 rings (SSSR count). The van der Waals surface area contributed by atoms with E-state index in [9.17, 15) is 61.0 Å². The van der Waals surface area contributed by atoms with E-state index in [2.05, 4.69) is 43.5 Å². The molecule has 1 amide bonds. The molecule has 0 aromatic heterocycles. The molecule has 3 saturated heterocycles. The first kappa shape index (κ1) is 85.2. The van der Waals surface area contributed by atoms with E-state index < -0.39 is 124 Å². The van der Waals surface area contributed by atoms with Crippen molar-refractivity contribution in [2.45, 2.75) is 401 Å². The zero-order chi connectivity index (χ0) is 67.5. The SMILES string of the molecule is CCCCCCC/C=C\C/C=C\CCCCCCCCCCCCCCCCCC(=O)NC(COC1OC(CO)C(OC2OC(CO)C(OC3OC(CO)C(O)C(O)C3O)C(O)C2O)C(O)C1O)C(O)/C=C/CCCCCCCCCCCCCCCCCCCCC. The first-order valence-corrected chi connectivity index (χ1v) is 37.7. The van der Waals surface area contributed by atoms with E-state index in [1.165, 1.54) is 218 Å². The van der Waals surface area contributed by atoms with Crippen LogP contribution in [0.15, 0.2) is 36.5 Å². The zero-order valence-electron chi connectivity index (χ0n) is 58.0. The number of amides is 1. The molecule has 0 saturated carbocycles. The van der Waals surface area contributed by atoms with Crippen LogP contribution in [-0.4, -0.2) is 193 Å². The van der Waals surface area contributed by atoms with Crippen LogP contribution in [0.2, 0.25) is 0 Å². The number of rotatable bonds is 59. The van der Waals surface area contributed by atoms with Gasteiger partial charge in [0, 0.05) is 6.42 Å². The lowest BCUT2D eigenvalue weighted by Crippen LogP contribution is -2.66. The number of carbonyl (C=O) groups excluding carboxylic acids is 1. The molecule has 0 aromatic carbocycles. The number of allylic oxidation sites excluding steroid dienone is 5. The Balaban J connectivity index is 1.40. The van der Waals surface area contributed by atoms with Gasteiger partial charge < -0.3 is 89.9 Å². The summed E-state index contributed by atoms with van der Waals surface area (Å²) < 4.78 is 34.4. The Morgan fingerprint density at radius 2 is 0.710 bits per heavy atom. The van der Waals surface area contributed by atoms with E-state index in [-0.39, 0.29) is 18.9 Å². The number of hydrogen-bond acceptors (Lipinski definition) is 18. The lowest BCUT2D eigenvalue weighted by atomic mass is 9.96. The third-order valence-corrected chi connectivity index (χ3v) is 18.9. The third kappa shape index (κ3) is 37.1. The van der Waals surface area contributed by atoms with Crippen molar-refractivity contribution in [3.05, 3.63) is 36.5 Å². The first-order chi connectivity index (χ1) is 45.3. The molecule has 19 nitrogen and oxygen atoms in total. The van der Waals surface area contributed by atoms with Crippen molar-refractivity contribution in [3.63, 3.8) is 0 Å². The number of ether oxygens (including phenoxy) is 6. The van der Waals surface area contributed by atoms with Crippen LogP contribution in [0, 0.1) is 0 Å². The van der Waals surface area contributed by atoms with E-state index in [1.54, 1.807) is 6.08 Å². The Kier molecular flexibility index (Phi) is 51.2. The van der Waals surface area contributed by atoms with Crippen LogP contribution in [0.5, 0.6) is 0 Å². The molecule has 3 fully saturated rings. The Morgan fingerprint density at radius 3 is 1.10 bits per heavy atom. The average molecular weight is 1330 g/mol. The van der Waals surface area contributed by atoms with Gasteiger partial charge in [-0.15, -0.1) is 0 Å². The Morgan fingerprint density at radius 1 is 0.387 bits per heavy atom. The van der Waals surface area contributed by atoms with Crippen molar-refractivity contribution in [3.8, 4) is 0 Å². The molecule has 3 heterocycles. The van der Waals surface area contributed by atoms with E-state index in [4.69, 9.17) is 28.4 Å². The molecule has 3 aliphatic rings. The molecule has 546 valence electrons. The third-order valence-electron chi connectivity index (χ3n) is 18.9. The number of aliphatic hydroxyl groups excluding tert-OH is 11. The van der Waals surface area contributed by atoms with Crippen LogP contribution in [0.3, 0.4) is 0 Å². The Hall–Kier alpha value is -1.99. The van der Waals surface area contributed by atoms with Crippen molar-refractivity contribution in [2.24, 2.45) is 0 Å². The largest absolute Gasteiger partial charge is 0.394 e. The maximum absolute atomic E-state index is 13.4. The quantitative estimate of drug-likeness (QED) is 0.0199. The van der Waals surface area contributed by atoms with Gasteiger partial charge in [0.05, 0.1) is 38.6 Å². The van der Waals surface area contributed by atoms with E-state index in [1.807, 2.05) is 6.08 Å². The number of aliphatic hydroxyl groups is 11. The first-order valence-electron chi connectivity index (χ1n) is 37.7. The van der Waals surface area contributed by atoms with Crippen LogP contribution >= 0.6 is 0 Å². The second kappa shape index (κ2) is 55.8. The Labute approximate surface area is 561 Å². The second-order valence-electron chi connectivity index (χ2n) is 27.1. The van der Waals surface area contributed by atoms with Gasteiger partial charge in [-0.25, -0.2) is 0 Å². The van der Waals surface area contributed by atoms with Crippen LogP contribution in [-0.2, 0) is 33.2 Å². The molecule has 17 unspecified atom stereocenters. The maximum atomic E-state index is 13.4. The molecule has 17 atom stereocenters. The van der Waals surface area contributed by atoms with Gasteiger partial charge in [-0.3, -0.25) is 4.79 Å². The summed E-state index contributed by atoms with van der Waals surface area (Å²) in [6, 6.07) is -0.973. The minimum atomic E-state index is -1.98. The molecular formula is C74H137NO18. The monoisotopic (exact) mass is 1330 g/mol. The maximum Gasteiger partial charge on any atom is 0.220 e. The van der Waals surface area contributed by atoms with Crippen molar-refractivity contribution in [2.75, 3.05) is 26.4 Å². The molecule has 3 aliphatic heterocycles. The zero-order valence-corrected chi connectivity index (χ0v) is 58.0. The summed E-state index contributed by atoms with van der Waals surface area (Å²) in [7, 11) is 0. The lowest BCUT2D eigenvalue weighted by molar-refractivity contribution is -0.379. The number of unbranched alkanes of at least 4 members (excludes halogenated alkanes) is 39. The summed E-state index contributed by atoms with van der Waals surface area (Å²) >= 11 is 0. The summed E-state index contributed by atoms with van der Waals surface area (Å²) in [4.78, 5) is 13.4. The van der Waals surface area contributed by atoms with Crippen molar-refractivity contribution < 1.29 is 89.4 Å². The topological polar surface area (TPSA) is 307 Å². The normalized spacial score (nSPS) is 27.7. The van der Waals surface area contributed by atoms with Crippen molar-refractivity contribution in [1.29, 1.82) is 0 Å². The van der Waals surface area contributed by atoms with E-state index in [0.717, 1.165) is 51.4 Å². The summed E-state index contributed by atoms with van der Waals surface area (Å²) in [5, 5.41) is 121. The highest BCUT2D eigenvalue weighted by atomic mass is 16.8. The van der Waals surface area contributed by atoms with E-state index >= 15 is 0 Å². The highest BCUT2D eigenvalue weighted by Crippen LogP contribution is 2.33. The van der Waals surface area contributed by atoms with Gasteiger partial charge in [-0.1, -0.05) is 275 Å². The lowest BCUT2D eigenvalue weighted by Gasteiger charge is -2.48. The van der Waals surface area contributed by atoms with Crippen molar-refractivity contribution >= 4 is 5.91 Å². The molecule has 12 N–H and O–H groups in total. The predicted octanol–water partition coefficient (Wildman–Crippen LogP) is 11.2. The van der Waals surface area contributed by atoms with Crippen molar-refractivity contribution in [1.82, 2.24) is 5.32 Å². The fourth-order valence-electron chi connectivity index (χ4n) is 12.8. The molecule has 0 spiro atoms. The number of hydrogen-bond donors (Lipinski definition) is 12. The summed E-state index contributed by atoms with van der Waals surface area (Å²) in [5.41, 5.74) is 0. The van der Waals surface area contributed by atoms with Gasteiger partial charge in [-0.05, 0) is 51.4 Å². The minimum Gasteiger partial charge on any atom is -0.394 e. The summed E-state index contributed by atoms with van der Waals surface area (Å²) in [6.45, 7) is 1.76. The molecule has 93 heavy (non-hydrogen) atoms. The molecule has 0 bridgehead atoms. The van der Waals surface area contributed by atoms with Crippen LogP contribution in [0.1, 0.15) is 296 Å². The number of nitrogens with one attached hydrogen (secondary N) is 1. The average Bonchev–Trinajstić information content (AvgIpc) is 0.902. The molecule has 0 aromatic rings. The van der Waals surface area contributed by atoms with Crippen LogP contribution in [0.25, 0.3) is 0 Å². The smallest absolute Gasteiger partial charge is 0.220 e. The molecule has 0 aliphatic carbocycles. The van der Waals surface area contributed by atoms with Gasteiger partial charge in [0.1, 0.15) is 73.2 Å². The summed E-state index contributed by atoms with van der Waals surface area (Å²) in [5.74, 6) is -0.272. The Bertz CT molecular complexity index is 1830. The molecule has 19 heteroatoms. The second-order valence-corrected chi connectivity index (χ2v) is 27.1. The molecular weight excluding hydrogens is 1190 g/mol. The minimum absolute atomic E-state index is 0.245. The summed E-state index contributed by atoms with van der Waals surface area (Å²) in [6.07, 6.45) is 39.7. The van der Waals surface area contributed by atoms with Gasteiger partial charge in [0.25, 0.3) is 0 Å². The van der Waals surface area contributed by atoms with Gasteiger partial charge in [-0.2, -0.15) is 0 Å². The standard InChI is InChI=1S/C74H137NO18/c1-3-5-7-9-11-13-15-17-19-21-23-25-26-27-28-29-30-32-34-36-38-40-42-44-46-48-50-52-62(80)75-57(58(79)51-49-47-45-43-41-39-37-35-33-31-24-22-20-18-16-14-12-10-8-6-4-2)56-88-72-68(86)65(83)70(60(54-77)90-72)93-74-69(87)66(84)71(61(55-78)91-74)92-73-67(85)64(82)63(81)59(53-76)89-73/h15,17,21,23,49,51,57-61,63-74,76-79,81-87H,3-14,16,18-20,22,24-48,50,52-56H2,1-2H3,(H,75,80)/b17-15-,23-21-,51-49+. The fraction of sp³-hybridized carbons (Fsp3) is 0.905. The van der Waals surface area contributed by atoms with Gasteiger partial charge in [0.2, 0.25) is 5.91 Å². The predicted molar refractivity (Wildman–Crippen MR) is 365 cm³/mol. The molecule has 0 radical (unpaired) electrons. The van der Waals surface area contributed by atoms with Crippen LogP contribution < -0.4 is 5.32 Å². The van der Waals surface area contributed by atoms with Crippen LogP contribution in [0.4, 0.5) is 0 Å². The highest BCUT2D eigenvalue weighted by molar-refractivity contribution is 5.76. The van der Waals surface area contributed by atoms with E-state index in [0.29, 0.717) is 6.42 Å². The fourth-order valence-corrected chi connectivity index (χ4v) is 12.8. The van der Waals surface area contributed by atoms with Gasteiger partial charge in [0.15, 0.2) is 18.9 Å². The highest BCUT2D eigenvalue weighted by Gasteiger charge is 2.53.